The molecule has 0 aromatic carbocycles. The molecular weight excluding hydrogens is 154 g/mol. The van der Waals surface area contributed by atoms with Crippen molar-refractivity contribution >= 4 is 5.97 Å². The van der Waals surface area contributed by atoms with Crippen molar-refractivity contribution in [2.24, 2.45) is 5.73 Å². The van der Waals surface area contributed by atoms with Crippen LogP contribution in [-0.2, 0) is 4.79 Å². The standard InChI is InChI=1S/C7H13NO2.C2H6/c1-2-3-4-5-6(8)7(9)10;1-2/h2,6H,1,3-5,8H2,(H,9,10);1-2H3. The molecule has 0 radical (unpaired) electrons. The Hall–Kier alpha value is -0.830. The molecule has 0 aliphatic carbocycles. The average Bonchev–Trinajstić information content (AvgIpc) is 2.08. The Labute approximate surface area is 74.3 Å². The van der Waals surface area contributed by atoms with E-state index in [-0.39, 0.29) is 0 Å². The highest BCUT2D eigenvalue weighted by atomic mass is 16.4. The molecule has 1 atom stereocenters. The zero-order valence-corrected chi connectivity index (χ0v) is 7.92. The zero-order valence-electron chi connectivity index (χ0n) is 7.92. The fourth-order valence-corrected chi connectivity index (χ4v) is 0.606. The molecule has 0 saturated carbocycles. The molecule has 3 nitrogen and oxygen atoms in total. The Balaban J connectivity index is 0. The summed E-state index contributed by atoms with van der Waals surface area (Å²) in [6.07, 6.45) is 3.92. The Morgan fingerprint density at radius 1 is 1.67 bits per heavy atom. The topological polar surface area (TPSA) is 63.3 Å². The number of nitrogens with two attached hydrogens (primary N) is 1. The van der Waals surface area contributed by atoms with Gasteiger partial charge in [-0.2, -0.15) is 0 Å². The second-order valence-corrected chi connectivity index (χ2v) is 2.16. The molecule has 12 heavy (non-hydrogen) atoms. The van der Waals surface area contributed by atoms with Crippen molar-refractivity contribution < 1.29 is 9.90 Å². The number of aliphatic carboxylic acids is 1. The number of unbranched alkanes of at least 4 members (excludes halogenated alkanes) is 1. The van der Waals surface area contributed by atoms with Crippen LogP contribution in [0.1, 0.15) is 33.1 Å². The first-order valence-corrected chi connectivity index (χ1v) is 4.27. The van der Waals surface area contributed by atoms with E-state index in [1.807, 2.05) is 13.8 Å². The van der Waals surface area contributed by atoms with Gasteiger partial charge in [-0.3, -0.25) is 4.79 Å². The molecule has 0 aliphatic rings. The third kappa shape index (κ3) is 9.17. The molecule has 0 fully saturated rings. The van der Waals surface area contributed by atoms with E-state index in [9.17, 15) is 4.79 Å². The number of carbonyl (C=O) groups is 1. The van der Waals surface area contributed by atoms with E-state index in [0.717, 1.165) is 12.8 Å². The molecule has 3 heteroatoms. The van der Waals surface area contributed by atoms with E-state index in [0.29, 0.717) is 6.42 Å². The summed E-state index contributed by atoms with van der Waals surface area (Å²) >= 11 is 0. The molecule has 1 unspecified atom stereocenters. The fourth-order valence-electron chi connectivity index (χ4n) is 0.606. The first-order valence-electron chi connectivity index (χ1n) is 4.27. The number of rotatable bonds is 5. The highest BCUT2D eigenvalue weighted by Crippen LogP contribution is 1.98. The third-order valence-electron chi connectivity index (χ3n) is 1.24. The maximum Gasteiger partial charge on any atom is 0.320 e. The molecule has 0 rings (SSSR count). The molecule has 0 spiro atoms. The van der Waals surface area contributed by atoms with Crippen LogP contribution in [0.25, 0.3) is 0 Å². The monoisotopic (exact) mass is 173 g/mol. The largest absolute Gasteiger partial charge is 0.480 e. The highest BCUT2D eigenvalue weighted by molar-refractivity contribution is 5.72. The second-order valence-electron chi connectivity index (χ2n) is 2.16. The predicted molar refractivity (Wildman–Crippen MR) is 51.0 cm³/mol. The van der Waals surface area contributed by atoms with Crippen LogP contribution in [0.15, 0.2) is 12.7 Å². The van der Waals surface area contributed by atoms with E-state index in [1.165, 1.54) is 0 Å². The Morgan fingerprint density at radius 2 is 2.17 bits per heavy atom. The van der Waals surface area contributed by atoms with E-state index < -0.39 is 12.0 Å². The van der Waals surface area contributed by atoms with Gasteiger partial charge in [-0.05, 0) is 19.3 Å². The minimum Gasteiger partial charge on any atom is -0.480 e. The van der Waals surface area contributed by atoms with E-state index in [2.05, 4.69) is 6.58 Å². The second kappa shape index (κ2) is 10.2. The van der Waals surface area contributed by atoms with Crippen LogP contribution in [0.3, 0.4) is 0 Å². The summed E-state index contributed by atoms with van der Waals surface area (Å²) in [5, 5.41) is 8.33. The van der Waals surface area contributed by atoms with Gasteiger partial charge in [0, 0.05) is 0 Å². The molecule has 0 aromatic rings. The summed E-state index contributed by atoms with van der Waals surface area (Å²) in [4.78, 5) is 10.1. The van der Waals surface area contributed by atoms with Gasteiger partial charge in [-0.15, -0.1) is 6.58 Å². The number of hydrogen-bond acceptors (Lipinski definition) is 2. The third-order valence-corrected chi connectivity index (χ3v) is 1.24. The van der Waals surface area contributed by atoms with Gasteiger partial charge in [0.15, 0.2) is 0 Å². The fraction of sp³-hybridized carbons (Fsp3) is 0.667. The van der Waals surface area contributed by atoms with Crippen molar-refractivity contribution in [2.45, 2.75) is 39.2 Å². The van der Waals surface area contributed by atoms with Crippen molar-refractivity contribution in [3.05, 3.63) is 12.7 Å². The average molecular weight is 173 g/mol. The van der Waals surface area contributed by atoms with Crippen LogP contribution in [0.5, 0.6) is 0 Å². The molecule has 0 heterocycles. The van der Waals surface area contributed by atoms with Crippen molar-refractivity contribution in [3.8, 4) is 0 Å². The molecule has 0 aromatic heterocycles. The summed E-state index contributed by atoms with van der Waals surface area (Å²) in [7, 11) is 0. The van der Waals surface area contributed by atoms with E-state index >= 15 is 0 Å². The molecule has 0 bridgehead atoms. The lowest BCUT2D eigenvalue weighted by atomic mass is 10.1. The van der Waals surface area contributed by atoms with Crippen LogP contribution in [0, 0.1) is 0 Å². The molecule has 72 valence electrons. The van der Waals surface area contributed by atoms with Gasteiger partial charge in [0.1, 0.15) is 6.04 Å². The summed E-state index contributed by atoms with van der Waals surface area (Å²) in [5.74, 6) is -0.927. The first-order chi connectivity index (χ1) is 5.68. The summed E-state index contributed by atoms with van der Waals surface area (Å²) < 4.78 is 0. The van der Waals surface area contributed by atoms with Crippen LogP contribution < -0.4 is 5.73 Å². The SMILES string of the molecule is C=CCCCC(N)C(=O)O.CC. The van der Waals surface area contributed by atoms with Gasteiger partial charge in [-0.1, -0.05) is 19.9 Å². The van der Waals surface area contributed by atoms with Gasteiger partial charge in [0.25, 0.3) is 0 Å². The number of hydrogen-bond donors (Lipinski definition) is 2. The Bertz CT molecular complexity index is 124. The quantitative estimate of drug-likeness (QED) is 0.492. The minimum atomic E-state index is -0.927. The van der Waals surface area contributed by atoms with E-state index in [4.69, 9.17) is 10.8 Å². The summed E-state index contributed by atoms with van der Waals surface area (Å²) in [6, 6.07) is -0.708. The minimum absolute atomic E-state index is 0.529. The predicted octanol–water partition coefficient (Wildman–Crippen LogP) is 1.78. The molecular formula is C9H19NO2. The maximum atomic E-state index is 10.1. The summed E-state index contributed by atoms with van der Waals surface area (Å²) in [6.45, 7) is 7.51. The smallest absolute Gasteiger partial charge is 0.320 e. The molecule has 3 N–H and O–H groups in total. The summed E-state index contributed by atoms with van der Waals surface area (Å²) in [5.41, 5.74) is 5.22. The Kier molecular flexibility index (Phi) is 11.6. The van der Waals surface area contributed by atoms with Gasteiger partial charge < -0.3 is 10.8 Å². The van der Waals surface area contributed by atoms with Crippen LogP contribution >= 0.6 is 0 Å². The molecule has 0 aliphatic heterocycles. The van der Waals surface area contributed by atoms with Crippen molar-refractivity contribution in [1.82, 2.24) is 0 Å². The van der Waals surface area contributed by atoms with Gasteiger partial charge in [-0.25, -0.2) is 0 Å². The lowest BCUT2D eigenvalue weighted by Gasteiger charge is -2.02. The zero-order chi connectivity index (χ0) is 9.98. The number of carboxylic acid groups (broad SMARTS) is 1. The van der Waals surface area contributed by atoms with Gasteiger partial charge in [0.2, 0.25) is 0 Å². The molecule has 0 saturated heterocycles. The van der Waals surface area contributed by atoms with Crippen molar-refractivity contribution in [3.63, 3.8) is 0 Å². The molecule has 0 amide bonds. The van der Waals surface area contributed by atoms with E-state index in [1.54, 1.807) is 6.08 Å². The van der Waals surface area contributed by atoms with Crippen LogP contribution in [0.4, 0.5) is 0 Å². The number of allylic oxidation sites excluding steroid dienone is 1. The highest BCUT2D eigenvalue weighted by Gasteiger charge is 2.08. The first kappa shape index (κ1) is 13.7. The lowest BCUT2D eigenvalue weighted by Crippen LogP contribution is -2.29. The van der Waals surface area contributed by atoms with Crippen LogP contribution in [-0.4, -0.2) is 17.1 Å². The van der Waals surface area contributed by atoms with Crippen molar-refractivity contribution in [1.29, 1.82) is 0 Å². The Morgan fingerprint density at radius 3 is 2.50 bits per heavy atom. The van der Waals surface area contributed by atoms with Gasteiger partial charge >= 0.3 is 5.97 Å². The van der Waals surface area contributed by atoms with Crippen LogP contribution in [0.2, 0.25) is 0 Å². The number of carboxylic acids is 1. The maximum absolute atomic E-state index is 10.1. The normalized spacial score (nSPS) is 10.9. The van der Waals surface area contributed by atoms with Crippen molar-refractivity contribution in [2.75, 3.05) is 0 Å². The van der Waals surface area contributed by atoms with Gasteiger partial charge in [0.05, 0.1) is 0 Å². The lowest BCUT2D eigenvalue weighted by molar-refractivity contribution is -0.138.